The number of rotatable bonds is 3. The average Bonchev–Trinajstić information content (AvgIpc) is 2.64. The second-order valence-corrected chi connectivity index (χ2v) is 6.36. The summed E-state index contributed by atoms with van der Waals surface area (Å²) in [5.74, 6) is -0.872. The van der Waals surface area contributed by atoms with Gasteiger partial charge < -0.3 is 14.7 Å². The minimum Gasteiger partial charge on any atom is -0.480 e. The van der Waals surface area contributed by atoms with Crippen LogP contribution in [0, 0.1) is 0 Å². The molecule has 1 aliphatic heterocycles. The van der Waals surface area contributed by atoms with Crippen molar-refractivity contribution in [3.05, 3.63) is 0 Å². The predicted octanol–water partition coefficient (Wildman–Crippen LogP) is 2.20. The van der Waals surface area contributed by atoms with Crippen LogP contribution in [0.25, 0.3) is 0 Å². The van der Waals surface area contributed by atoms with Crippen molar-refractivity contribution in [3.8, 4) is 0 Å². The largest absolute Gasteiger partial charge is 0.480 e. The quantitative estimate of drug-likeness (QED) is 0.855. The van der Waals surface area contributed by atoms with Gasteiger partial charge in [0.1, 0.15) is 10.9 Å². The molecule has 1 saturated heterocycles. The van der Waals surface area contributed by atoms with Crippen LogP contribution in [0.5, 0.6) is 0 Å². The molecule has 6 heteroatoms. The first kappa shape index (κ1) is 15.1. The lowest BCUT2D eigenvalue weighted by Crippen LogP contribution is -2.46. The summed E-state index contributed by atoms with van der Waals surface area (Å²) in [5, 5.41) is 8.58. The highest BCUT2D eigenvalue weighted by atomic mass is 32.2. The van der Waals surface area contributed by atoms with Gasteiger partial charge in [-0.05, 0) is 39.9 Å². The number of carbonyl (C=O) groups is 2. The van der Waals surface area contributed by atoms with Crippen molar-refractivity contribution in [2.75, 3.05) is 12.8 Å². The van der Waals surface area contributed by atoms with E-state index in [2.05, 4.69) is 0 Å². The minimum absolute atomic E-state index is 0.271. The van der Waals surface area contributed by atoms with Crippen LogP contribution in [-0.4, -0.2) is 51.8 Å². The first-order valence-electron chi connectivity index (χ1n) is 6.01. The number of hydrogen-bond donors (Lipinski definition) is 1. The lowest BCUT2D eigenvalue weighted by Gasteiger charge is -2.30. The first-order chi connectivity index (χ1) is 8.26. The molecule has 18 heavy (non-hydrogen) atoms. The number of carboxylic acids is 1. The Bertz CT molecular complexity index is 327. The van der Waals surface area contributed by atoms with Crippen LogP contribution in [-0.2, 0) is 9.53 Å². The lowest BCUT2D eigenvalue weighted by atomic mass is 10.1. The summed E-state index contributed by atoms with van der Waals surface area (Å²) in [5.41, 5.74) is -0.553. The van der Waals surface area contributed by atoms with Crippen LogP contribution in [0.4, 0.5) is 4.79 Å². The van der Waals surface area contributed by atoms with E-state index in [1.807, 2.05) is 0 Å². The zero-order valence-electron chi connectivity index (χ0n) is 11.3. The highest BCUT2D eigenvalue weighted by Gasteiger charge is 2.39. The second kappa shape index (κ2) is 5.82. The van der Waals surface area contributed by atoms with E-state index in [9.17, 15) is 9.59 Å². The fourth-order valence-corrected chi connectivity index (χ4v) is 2.88. The van der Waals surface area contributed by atoms with Gasteiger partial charge in [0.05, 0.1) is 6.04 Å². The van der Waals surface area contributed by atoms with Gasteiger partial charge in [0.15, 0.2) is 0 Å². The molecule has 2 atom stereocenters. The molecule has 2 unspecified atom stereocenters. The number of ether oxygens (including phenoxy) is 1. The Morgan fingerprint density at radius 1 is 1.44 bits per heavy atom. The van der Waals surface area contributed by atoms with Gasteiger partial charge in [-0.3, -0.25) is 4.79 Å². The topological polar surface area (TPSA) is 66.8 Å². The maximum absolute atomic E-state index is 12.0. The van der Waals surface area contributed by atoms with Gasteiger partial charge in [-0.15, -0.1) is 11.8 Å². The fourth-order valence-electron chi connectivity index (χ4n) is 2.08. The Kier molecular flexibility index (Phi) is 4.90. The van der Waals surface area contributed by atoms with E-state index < -0.39 is 22.9 Å². The van der Waals surface area contributed by atoms with Crippen molar-refractivity contribution in [1.29, 1.82) is 0 Å². The van der Waals surface area contributed by atoms with Crippen LogP contribution in [0.1, 0.15) is 33.6 Å². The first-order valence-corrected chi connectivity index (χ1v) is 7.30. The van der Waals surface area contributed by atoms with Gasteiger partial charge in [-0.1, -0.05) is 0 Å². The number of amides is 1. The van der Waals surface area contributed by atoms with Crippen LogP contribution < -0.4 is 0 Å². The fraction of sp³-hybridized carbons (Fsp3) is 0.833. The molecule has 1 aliphatic rings. The normalized spacial score (nSPS) is 21.8. The zero-order chi connectivity index (χ0) is 13.9. The van der Waals surface area contributed by atoms with Crippen LogP contribution in [0.15, 0.2) is 0 Å². The molecule has 0 saturated carbocycles. The van der Waals surface area contributed by atoms with Crippen molar-refractivity contribution >= 4 is 23.8 Å². The van der Waals surface area contributed by atoms with Gasteiger partial charge in [-0.2, -0.15) is 0 Å². The number of carboxylic acid groups (broad SMARTS) is 1. The molecule has 0 radical (unpaired) electrons. The molecular weight excluding hydrogens is 254 g/mol. The summed E-state index contributed by atoms with van der Waals surface area (Å²) in [6.45, 7) is 5.99. The van der Waals surface area contributed by atoms with Crippen molar-refractivity contribution in [3.63, 3.8) is 0 Å². The Labute approximate surface area is 112 Å². The summed E-state index contributed by atoms with van der Waals surface area (Å²) in [6.07, 6.45) is 2.89. The van der Waals surface area contributed by atoms with Crippen LogP contribution in [0.3, 0.4) is 0 Å². The molecule has 1 rings (SSSR count). The average molecular weight is 275 g/mol. The van der Waals surface area contributed by atoms with Gasteiger partial charge in [0, 0.05) is 6.54 Å². The van der Waals surface area contributed by atoms with E-state index >= 15 is 0 Å². The number of thioether (sulfide) groups is 1. The van der Waals surface area contributed by atoms with Crippen LogP contribution in [0.2, 0.25) is 0 Å². The molecular formula is C12H21NO4S. The molecule has 1 N–H and O–H groups in total. The molecule has 0 aromatic rings. The number of hydrogen-bond acceptors (Lipinski definition) is 4. The molecule has 1 amide bonds. The number of aliphatic carboxylic acids is 1. The Morgan fingerprint density at radius 2 is 2.06 bits per heavy atom. The zero-order valence-corrected chi connectivity index (χ0v) is 12.1. The van der Waals surface area contributed by atoms with Gasteiger partial charge in [0.25, 0.3) is 0 Å². The highest BCUT2D eigenvalue weighted by molar-refractivity contribution is 8.00. The maximum atomic E-state index is 12.0. The SMILES string of the molecule is CSC(C(=O)O)C1CCCN1C(=O)OC(C)(C)C. The molecule has 0 aromatic carbocycles. The third kappa shape index (κ3) is 3.80. The van der Waals surface area contributed by atoms with E-state index in [0.29, 0.717) is 6.54 Å². The summed E-state index contributed by atoms with van der Waals surface area (Å²) in [6, 6.07) is -0.271. The molecule has 0 spiro atoms. The number of nitrogens with zero attached hydrogens (tertiary/aromatic N) is 1. The summed E-state index contributed by atoms with van der Waals surface area (Å²) in [7, 11) is 0. The maximum Gasteiger partial charge on any atom is 0.410 e. The minimum atomic E-state index is -0.872. The molecule has 0 aromatic heterocycles. The molecule has 5 nitrogen and oxygen atoms in total. The van der Waals surface area contributed by atoms with E-state index in [1.54, 1.807) is 31.9 Å². The molecule has 0 bridgehead atoms. The van der Waals surface area contributed by atoms with E-state index in [4.69, 9.17) is 9.84 Å². The Hall–Kier alpha value is -0.910. The van der Waals surface area contributed by atoms with Gasteiger partial charge in [0.2, 0.25) is 0 Å². The van der Waals surface area contributed by atoms with Crippen molar-refractivity contribution < 1.29 is 19.4 Å². The number of carbonyl (C=O) groups excluding carboxylic acids is 1. The number of likely N-dealkylation sites (tertiary alicyclic amines) is 1. The molecule has 1 fully saturated rings. The Balaban J connectivity index is 2.75. The molecule has 1 heterocycles. The smallest absolute Gasteiger partial charge is 0.410 e. The monoisotopic (exact) mass is 275 g/mol. The summed E-state index contributed by atoms with van der Waals surface area (Å²) < 4.78 is 5.31. The molecule has 104 valence electrons. The van der Waals surface area contributed by atoms with Gasteiger partial charge in [-0.25, -0.2) is 4.79 Å². The highest BCUT2D eigenvalue weighted by Crippen LogP contribution is 2.28. The Morgan fingerprint density at radius 3 is 2.50 bits per heavy atom. The van der Waals surface area contributed by atoms with Crippen molar-refractivity contribution in [1.82, 2.24) is 4.90 Å². The molecule has 0 aliphatic carbocycles. The standard InChI is InChI=1S/C12H21NO4S/c1-12(2,3)17-11(16)13-7-5-6-8(13)9(18-4)10(14)15/h8-9H,5-7H2,1-4H3,(H,14,15). The van der Waals surface area contributed by atoms with E-state index in [1.165, 1.54) is 11.8 Å². The third-order valence-corrected chi connectivity index (χ3v) is 3.80. The van der Waals surface area contributed by atoms with Gasteiger partial charge >= 0.3 is 12.1 Å². The third-order valence-electron chi connectivity index (χ3n) is 2.77. The van der Waals surface area contributed by atoms with Crippen molar-refractivity contribution in [2.45, 2.75) is 50.5 Å². The predicted molar refractivity (Wildman–Crippen MR) is 70.9 cm³/mol. The van der Waals surface area contributed by atoms with E-state index in [0.717, 1.165) is 12.8 Å². The van der Waals surface area contributed by atoms with Crippen molar-refractivity contribution in [2.24, 2.45) is 0 Å². The second-order valence-electron chi connectivity index (χ2n) is 5.38. The lowest BCUT2D eigenvalue weighted by molar-refractivity contribution is -0.137. The summed E-state index contributed by atoms with van der Waals surface area (Å²) >= 11 is 1.27. The van der Waals surface area contributed by atoms with Crippen LogP contribution >= 0.6 is 11.8 Å². The summed E-state index contributed by atoms with van der Waals surface area (Å²) in [4.78, 5) is 24.7. The van der Waals surface area contributed by atoms with E-state index in [-0.39, 0.29) is 6.04 Å².